The Kier molecular flexibility index (Phi) is 4.14. The largest absolute Gasteiger partial charge is 0.399 e. The molecular formula is C19H24N2. The third-order valence-corrected chi connectivity index (χ3v) is 4.42. The highest BCUT2D eigenvalue weighted by atomic mass is 15.1. The van der Waals surface area contributed by atoms with Crippen LogP contribution in [0.4, 0.5) is 11.4 Å². The first-order valence-electron chi connectivity index (χ1n) is 7.91. The molecule has 0 saturated carbocycles. The molecule has 0 atom stereocenters. The number of benzene rings is 2. The van der Waals surface area contributed by atoms with Crippen molar-refractivity contribution in [3.05, 3.63) is 59.2 Å². The first kappa shape index (κ1) is 14.0. The van der Waals surface area contributed by atoms with Crippen molar-refractivity contribution in [1.82, 2.24) is 0 Å². The maximum atomic E-state index is 5.82. The van der Waals surface area contributed by atoms with Crippen molar-refractivity contribution in [2.75, 3.05) is 23.7 Å². The monoisotopic (exact) mass is 280 g/mol. The van der Waals surface area contributed by atoms with Gasteiger partial charge in [0.05, 0.1) is 0 Å². The molecule has 0 bridgehead atoms. The summed E-state index contributed by atoms with van der Waals surface area (Å²) in [5.41, 5.74) is 12.0. The molecule has 3 rings (SSSR count). The maximum Gasteiger partial charge on any atom is 0.0366 e. The van der Waals surface area contributed by atoms with Crippen LogP contribution >= 0.6 is 0 Å². The fourth-order valence-corrected chi connectivity index (χ4v) is 3.11. The lowest BCUT2D eigenvalue weighted by Crippen LogP contribution is -2.29. The molecule has 0 unspecified atom stereocenters. The Labute approximate surface area is 127 Å². The molecule has 2 aromatic rings. The Morgan fingerprint density at radius 3 is 2.33 bits per heavy atom. The summed E-state index contributed by atoms with van der Waals surface area (Å²) in [4.78, 5) is 2.50. The molecule has 0 aliphatic carbocycles. The standard InChI is InChI=1S/C19H24N2/c1-15-13-18(20)8-7-17(15)14-16-5-9-19(10-6-16)21-11-3-2-4-12-21/h5-10,13H,2-4,11-12,14,20H2,1H3. The lowest BCUT2D eigenvalue weighted by Gasteiger charge is -2.28. The van der Waals surface area contributed by atoms with Gasteiger partial charge in [0.15, 0.2) is 0 Å². The minimum atomic E-state index is 0.844. The maximum absolute atomic E-state index is 5.82. The zero-order chi connectivity index (χ0) is 14.7. The summed E-state index contributed by atoms with van der Waals surface area (Å²) in [6.07, 6.45) is 5.01. The lowest BCUT2D eigenvalue weighted by atomic mass is 9.99. The first-order chi connectivity index (χ1) is 10.2. The SMILES string of the molecule is Cc1cc(N)ccc1Cc1ccc(N2CCCCC2)cc1. The van der Waals surface area contributed by atoms with Crippen LogP contribution < -0.4 is 10.6 Å². The molecule has 1 fully saturated rings. The third-order valence-electron chi connectivity index (χ3n) is 4.42. The number of hydrogen-bond donors (Lipinski definition) is 1. The molecule has 1 heterocycles. The summed E-state index contributed by atoms with van der Waals surface area (Å²) >= 11 is 0. The first-order valence-corrected chi connectivity index (χ1v) is 7.91. The normalized spacial score (nSPS) is 15.2. The van der Waals surface area contributed by atoms with Crippen LogP contribution in [0.5, 0.6) is 0 Å². The molecule has 0 aromatic heterocycles. The van der Waals surface area contributed by atoms with Crippen LogP contribution in [0.3, 0.4) is 0 Å². The number of piperidine rings is 1. The third kappa shape index (κ3) is 3.38. The molecule has 0 radical (unpaired) electrons. The highest BCUT2D eigenvalue weighted by Crippen LogP contribution is 2.22. The lowest BCUT2D eigenvalue weighted by molar-refractivity contribution is 0.578. The Morgan fingerprint density at radius 2 is 1.67 bits per heavy atom. The molecule has 2 heteroatoms. The van der Waals surface area contributed by atoms with E-state index in [4.69, 9.17) is 5.73 Å². The minimum absolute atomic E-state index is 0.844. The van der Waals surface area contributed by atoms with Gasteiger partial charge in [-0.2, -0.15) is 0 Å². The van der Waals surface area contributed by atoms with Crippen LogP contribution in [0.15, 0.2) is 42.5 Å². The van der Waals surface area contributed by atoms with Gasteiger partial charge in [-0.15, -0.1) is 0 Å². The average molecular weight is 280 g/mol. The molecule has 1 saturated heterocycles. The van der Waals surface area contributed by atoms with E-state index in [-0.39, 0.29) is 0 Å². The molecule has 2 nitrogen and oxygen atoms in total. The van der Waals surface area contributed by atoms with Gasteiger partial charge >= 0.3 is 0 Å². The second-order valence-corrected chi connectivity index (χ2v) is 6.08. The molecule has 21 heavy (non-hydrogen) atoms. The van der Waals surface area contributed by atoms with Crippen molar-refractivity contribution >= 4 is 11.4 Å². The van der Waals surface area contributed by atoms with Crippen molar-refractivity contribution in [3.8, 4) is 0 Å². The Morgan fingerprint density at radius 1 is 0.952 bits per heavy atom. The summed E-state index contributed by atoms with van der Waals surface area (Å²) in [5.74, 6) is 0. The number of nitrogens with two attached hydrogens (primary N) is 1. The van der Waals surface area contributed by atoms with Crippen LogP contribution in [-0.2, 0) is 6.42 Å². The van der Waals surface area contributed by atoms with E-state index in [1.807, 2.05) is 6.07 Å². The van der Waals surface area contributed by atoms with E-state index < -0.39 is 0 Å². The molecule has 0 spiro atoms. The zero-order valence-electron chi connectivity index (χ0n) is 12.8. The van der Waals surface area contributed by atoms with Gasteiger partial charge in [-0.25, -0.2) is 0 Å². The topological polar surface area (TPSA) is 29.3 Å². The van der Waals surface area contributed by atoms with Gasteiger partial charge in [0.2, 0.25) is 0 Å². The second-order valence-electron chi connectivity index (χ2n) is 6.08. The highest BCUT2D eigenvalue weighted by molar-refractivity contribution is 5.50. The van der Waals surface area contributed by atoms with Gasteiger partial charge < -0.3 is 10.6 Å². The average Bonchev–Trinajstić information content (AvgIpc) is 2.52. The minimum Gasteiger partial charge on any atom is -0.399 e. The van der Waals surface area contributed by atoms with E-state index in [9.17, 15) is 0 Å². The van der Waals surface area contributed by atoms with Crippen LogP contribution in [-0.4, -0.2) is 13.1 Å². The fourth-order valence-electron chi connectivity index (χ4n) is 3.11. The van der Waals surface area contributed by atoms with E-state index in [2.05, 4.69) is 48.2 Å². The second kappa shape index (κ2) is 6.21. The predicted molar refractivity (Wildman–Crippen MR) is 90.9 cm³/mol. The molecule has 1 aliphatic heterocycles. The smallest absolute Gasteiger partial charge is 0.0366 e. The van der Waals surface area contributed by atoms with Crippen molar-refractivity contribution in [2.24, 2.45) is 0 Å². The van der Waals surface area contributed by atoms with Gasteiger partial charge in [0, 0.05) is 24.5 Å². The van der Waals surface area contributed by atoms with Gasteiger partial charge in [-0.3, -0.25) is 0 Å². The highest BCUT2D eigenvalue weighted by Gasteiger charge is 2.10. The summed E-state index contributed by atoms with van der Waals surface area (Å²) < 4.78 is 0. The van der Waals surface area contributed by atoms with Crippen LogP contribution in [0.1, 0.15) is 36.0 Å². The van der Waals surface area contributed by atoms with E-state index in [0.29, 0.717) is 0 Å². The summed E-state index contributed by atoms with van der Waals surface area (Å²) in [7, 11) is 0. The quantitative estimate of drug-likeness (QED) is 0.855. The Balaban J connectivity index is 1.71. The van der Waals surface area contributed by atoms with Crippen LogP contribution in [0.25, 0.3) is 0 Å². The van der Waals surface area contributed by atoms with Gasteiger partial charge in [-0.05, 0) is 73.6 Å². The summed E-state index contributed by atoms with van der Waals surface area (Å²) in [6.45, 7) is 4.54. The number of hydrogen-bond acceptors (Lipinski definition) is 2. The van der Waals surface area contributed by atoms with Gasteiger partial charge in [0.1, 0.15) is 0 Å². The molecule has 2 N–H and O–H groups in total. The van der Waals surface area contributed by atoms with Gasteiger partial charge in [-0.1, -0.05) is 18.2 Å². The van der Waals surface area contributed by atoms with Crippen molar-refractivity contribution < 1.29 is 0 Å². The summed E-state index contributed by atoms with van der Waals surface area (Å²) in [6, 6.07) is 15.3. The van der Waals surface area contributed by atoms with Crippen LogP contribution in [0.2, 0.25) is 0 Å². The summed E-state index contributed by atoms with van der Waals surface area (Å²) in [5, 5.41) is 0. The molecule has 110 valence electrons. The number of rotatable bonds is 3. The van der Waals surface area contributed by atoms with Crippen molar-refractivity contribution in [1.29, 1.82) is 0 Å². The van der Waals surface area contributed by atoms with E-state index >= 15 is 0 Å². The number of anilines is 2. The molecule has 1 aliphatic rings. The zero-order valence-corrected chi connectivity index (χ0v) is 12.8. The predicted octanol–water partition coefficient (Wildman–Crippen LogP) is 4.16. The number of nitrogen functional groups attached to an aromatic ring is 1. The van der Waals surface area contributed by atoms with Crippen molar-refractivity contribution in [3.63, 3.8) is 0 Å². The molecule has 2 aromatic carbocycles. The van der Waals surface area contributed by atoms with Gasteiger partial charge in [0.25, 0.3) is 0 Å². The van der Waals surface area contributed by atoms with Crippen LogP contribution in [0, 0.1) is 6.92 Å². The molecular weight excluding hydrogens is 256 g/mol. The Bertz CT molecular complexity index is 595. The Hall–Kier alpha value is -1.96. The van der Waals surface area contributed by atoms with E-state index in [0.717, 1.165) is 12.1 Å². The van der Waals surface area contributed by atoms with E-state index in [1.54, 1.807) is 0 Å². The van der Waals surface area contributed by atoms with E-state index in [1.165, 1.54) is 54.7 Å². The number of nitrogens with zero attached hydrogens (tertiary/aromatic N) is 1. The molecule has 0 amide bonds. The van der Waals surface area contributed by atoms with Crippen molar-refractivity contribution in [2.45, 2.75) is 32.6 Å². The number of aryl methyl sites for hydroxylation is 1. The fraction of sp³-hybridized carbons (Fsp3) is 0.368.